The first-order valence-corrected chi connectivity index (χ1v) is 4.36. The number of nitrogens with one attached hydrogen (secondary N) is 1. The van der Waals surface area contributed by atoms with Crippen molar-refractivity contribution in [2.24, 2.45) is 5.73 Å². The Balaban J connectivity index is 0.000000980. The molecule has 1 aromatic rings. The highest BCUT2D eigenvalue weighted by atomic mass is 35.5. The maximum atomic E-state index is 11.4. The summed E-state index contributed by atoms with van der Waals surface area (Å²) in [5, 5.41) is 6.91. The molecule has 3 N–H and O–H groups in total. The second-order valence-corrected chi connectivity index (χ2v) is 3.04. The standard InChI is InChI=1S/C8H12N4O.2ClH/c9-2-1-6-5-11-12-4-3-10-8(13)7(6)12;;/h5H,1-4,9H2,(H,10,13);2*1H. The molecule has 0 fully saturated rings. The lowest BCUT2D eigenvalue weighted by atomic mass is 10.1. The fourth-order valence-corrected chi connectivity index (χ4v) is 1.55. The van der Waals surface area contributed by atoms with E-state index in [4.69, 9.17) is 5.73 Å². The topological polar surface area (TPSA) is 72.9 Å². The SMILES string of the molecule is Cl.Cl.NCCc1cnn2c1C(=O)NCC2. The molecule has 5 nitrogen and oxygen atoms in total. The first-order chi connectivity index (χ1) is 6.33. The second-order valence-electron chi connectivity index (χ2n) is 3.04. The molecule has 0 atom stereocenters. The van der Waals surface area contributed by atoms with Gasteiger partial charge in [0.15, 0.2) is 0 Å². The number of nitrogens with two attached hydrogens (primary N) is 1. The van der Waals surface area contributed by atoms with Crippen molar-refractivity contribution in [3.63, 3.8) is 0 Å². The van der Waals surface area contributed by atoms with Crippen molar-refractivity contribution >= 4 is 30.7 Å². The molecular weight excluding hydrogens is 239 g/mol. The van der Waals surface area contributed by atoms with Crippen LogP contribution in [0.3, 0.4) is 0 Å². The molecule has 0 bridgehead atoms. The van der Waals surface area contributed by atoms with Crippen molar-refractivity contribution in [2.45, 2.75) is 13.0 Å². The number of hydrogen-bond donors (Lipinski definition) is 2. The van der Waals surface area contributed by atoms with E-state index < -0.39 is 0 Å². The van der Waals surface area contributed by atoms with Crippen molar-refractivity contribution in [2.75, 3.05) is 13.1 Å². The molecule has 0 unspecified atom stereocenters. The quantitative estimate of drug-likeness (QED) is 0.777. The largest absolute Gasteiger partial charge is 0.349 e. The third-order valence-electron chi connectivity index (χ3n) is 2.15. The van der Waals surface area contributed by atoms with Crippen molar-refractivity contribution in [1.82, 2.24) is 15.1 Å². The zero-order valence-electron chi connectivity index (χ0n) is 8.10. The molecule has 0 aromatic carbocycles. The molecule has 2 heterocycles. The van der Waals surface area contributed by atoms with Crippen LogP contribution in [0.25, 0.3) is 0 Å². The van der Waals surface area contributed by atoms with Crippen molar-refractivity contribution in [3.8, 4) is 0 Å². The van der Waals surface area contributed by atoms with Gasteiger partial charge in [0.05, 0.1) is 12.7 Å². The third kappa shape index (κ3) is 2.62. The van der Waals surface area contributed by atoms with Crippen LogP contribution < -0.4 is 11.1 Å². The first-order valence-electron chi connectivity index (χ1n) is 4.36. The molecule has 0 radical (unpaired) electrons. The van der Waals surface area contributed by atoms with Crippen molar-refractivity contribution < 1.29 is 4.79 Å². The molecule has 0 aliphatic carbocycles. The normalized spacial score (nSPS) is 13.3. The molecule has 86 valence electrons. The van der Waals surface area contributed by atoms with Crippen LogP contribution in [-0.4, -0.2) is 28.8 Å². The van der Waals surface area contributed by atoms with Gasteiger partial charge in [-0.3, -0.25) is 9.48 Å². The summed E-state index contributed by atoms with van der Waals surface area (Å²) in [6.45, 7) is 1.97. The summed E-state index contributed by atoms with van der Waals surface area (Å²) in [6.07, 6.45) is 2.44. The zero-order chi connectivity index (χ0) is 9.26. The summed E-state index contributed by atoms with van der Waals surface area (Å²) in [7, 11) is 0. The summed E-state index contributed by atoms with van der Waals surface area (Å²) in [5.74, 6) is -0.0350. The van der Waals surface area contributed by atoms with Crippen molar-refractivity contribution in [3.05, 3.63) is 17.5 Å². The number of aromatic nitrogens is 2. The number of amides is 1. The number of nitrogens with zero attached hydrogens (tertiary/aromatic N) is 2. The Bertz CT molecular complexity index is 339. The van der Waals surface area contributed by atoms with E-state index in [2.05, 4.69) is 10.4 Å². The number of halogens is 2. The Labute approximate surface area is 100 Å². The molecule has 0 spiro atoms. The van der Waals surface area contributed by atoms with Gasteiger partial charge in [-0.25, -0.2) is 0 Å². The molecular formula is C8H14Cl2N4O. The summed E-state index contributed by atoms with van der Waals surface area (Å²) in [6, 6.07) is 0. The Kier molecular flexibility index (Phi) is 5.64. The van der Waals surface area contributed by atoms with Gasteiger partial charge < -0.3 is 11.1 Å². The van der Waals surface area contributed by atoms with Gasteiger partial charge in [0.25, 0.3) is 5.91 Å². The summed E-state index contributed by atoms with van der Waals surface area (Å²) in [4.78, 5) is 11.4. The number of carbonyl (C=O) groups is 1. The predicted molar refractivity (Wildman–Crippen MR) is 61.8 cm³/mol. The molecule has 0 saturated heterocycles. The Hall–Kier alpha value is -0.780. The van der Waals surface area contributed by atoms with E-state index in [1.54, 1.807) is 10.9 Å². The smallest absolute Gasteiger partial charge is 0.269 e. The van der Waals surface area contributed by atoms with Gasteiger partial charge in [0.1, 0.15) is 5.69 Å². The maximum absolute atomic E-state index is 11.4. The van der Waals surface area contributed by atoms with Gasteiger partial charge in [-0.05, 0) is 13.0 Å². The van der Waals surface area contributed by atoms with E-state index in [0.717, 1.165) is 12.1 Å². The maximum Gasteiger partial charge on any atom is 0.269 e. The number of rotatable bonds is 2. The van der Waals surface area contributed by atoms with Crippen LogP contribution in [0.15, 0.2) is 6.20 Å². The van der Waals surface area contributed by atoms with E-state index in [1.807, 2.05) is 0 Å². The molecule has 1 aliphatic heterocycles. The van der Waals surface area contributed by atoms with E-state index in [1.165, 1.54) is 0 Å². The molecule has 7 heteroatoms. The van der Waals surface area contributed by atoms with Gasteiger partial charge in [-0.15, -0.1) is 24.8 Å². The number of hydrogen-bond acceptors (Lipinski definition) is 3. The van der Waals surface area contributed by atoms with Gasteiger partial charge in [0.2, 0.25) is 0 Å². The lowest BCUT2D eigenvalue weighted by Gasteiger charge is -2.15. The highest BCUT2D eigenvalue weighted by Crippen LogP contribution is 2.11. The van der Waals surface area contributed by atoms with Gasteiger partial charge in [-0.2, -0.15) is 5.10 Å². The van der Waals surface area contributed by atoms with Gasteiger partial charge in [-0.1, -0.05) is 0 Å². The lowest BCUT2D eigenvalue weighted by Crippen LogP contribution is -2.36. The highest BCUT2D eigenvalue weighted by molar-refractivity contribution is 5.94. The molecule has 2 rings (SSSR count). The van der Waals surface area contributed by atoms with Gasteiger partial charge >= 0.3 is 0 Å². The van der Waals surface area contributed by atoms with E-state index in [9.17, 15) is 4.79 Å². The van der Waals surface area contributed by atoms with Gasteiger partial charge in [0, 0.05) is 12.1 Å². The Morgan fingerprint density at radius 3 is 2.93 bits per heavy atom. The fourth-order valence-electron chi connectivity index (χ4n) is 1.55. The molecule has 1 aliphatic rings. The van der Waals surface area contributed by atoms with Crippen LogP contribution >= 0.6 is 24.8 Å². The zero-order valence-corrected chi connectivity index (χ0v) is 9.74. The van der Waals surface area contributed by atoms with Crippen LogP contribution in [-0.2, 0) is 13.0 Å². The van der Waals surface area contributed by atoms with Crippen LogP contribution in [0.5, 0.6) is 0 Å². The van der Waals surface area contributed by atoms with Crippen LogP contribution in [0.1, 0.15) is 16.1 Å². The van der Waals surface area contributed by atoms with Crippen LogP contribution in [0.4, 0.5) is 0 Å². The van der Waals surface area contributed by atoms with Crippen LogP contribution in [0.2, 0.25) is 0 Å². The van der Waals surface area contributed by atoms with Crippen LogP contribution in [0, 0.1) is 0 Å². The van der Waals surface area contributed by atoms with Crippen molar-refractivity contribution in [1.29, 1.82) is 0 Å². The minimum absolute atomic E-state index is 0. The first kappa shape index (κ1) is 14.2. The van der Waals surface area contributed by atoms with E-state index >= 15 is 0 Å². The lowest BCUT2D eigenvalue weighted by molar-refractivity contribution is 0.0923. The van der Waals surface area contributed by atoms with E-state index in [-0.39, 0.29) is 30.7 Å². The summed E-state index contributed by atoms with van der Waals surface area (Å²) < 4.78 is 1.74. The highest BCUT2D eigenvalue weighted by Gasteiger charge is 2.20. The minimum Gasteiger partial charge on any atom is -0.349 e. The Morgan fingerprint density at radius 2 is 2.27 bits per heavy atom. The number of carbonyl (C=O) groups excluding carboxylic acids is 1. The van der Waals surface area contributed by atoms with E-state index in [0.29, 0.717) is 25.2 Å². The fraction of sp³-hybridized carbons (Fsp3) is 0.500. The molecule has 15 heavy (non-hydrogen) atoms. The third-order valence-corrected chi connectivity index (χ3v) is 2.15. The average molecular weight is 253 g/mol. The predicted octanol–water partition coefficient (Wildman–Crippen LogP) is -0.0287. The monoisotopic (exact) mass is 252 g/mol. The molecule has 0 saturated carbocycles. The second kappa shape index (κ2) is 5.95. The molecule has 1 amide bonds. The average Bonchev–Trinajstić information content (AvgIpc) is 2.51. The Morgan fingerprint density at radius 1 is 1.53 bits per heavy atom. The summed E-state index contributed by atoms with van der Waals surface area (Å²) >= 11 is 0. The number of fused-ring (bicyclic) bond motifs is 1. The minimum atomic E-state index is -0.0350. The summed E-state index contributed by atoms with van der Waals surface area (Å²) in [5.41, 5.74) is 7.05. The molecule has 1 aromatic heterocycles.